The van der Waals surface area contributed by atoms with Crippen LogP contribution < -0.4 is 10.6 Å². The van der Waals surface area contributed by atoms with Crippen LogP contribution >= 0.6 is 0 Å². The van der Waals surface area contributed by atoms with Crippen molar-refractivity contribution in [2.45, 2.75) is 50.4 Å². The van der Waals surface area contributed by atoms with Crippen molar-refractivity contribution in [3.8, 4) is 0 Å². The Morgan fingerprint density at radius 3 is 3.00 bits per heavy atom. The number of carbonyl (C=O) groups excluding carboxylic acids is 1. The lowest BCUT2D eigenvalue weighted by atomic mass is 9.54. The quantitative estimate of drug-likeness (QED) is 0.792. The van der Waals surface area contributed by atoms with E-state index >= 15 is 0 Å². The van der Waals surface area contributed by atoms with E-state index < -0.39 is 6.10 Å². The summed E-state index contributed by atoms with van der Waals surface area (Å²) in [5, 5.41) is 15.9. The molecule has 4 unspecified atom stereocenters. The summed E-state index contributed by atoms with van der Waals surface area (Å²) in [5.41, 5.74) is 0.151. The van der Waals surface area contributed by atoms with Crippen molar-refractivity contribution in [1.29, 1.82) is 0 Å². The summed E-state index contributed by atoms with van der Waals surface area (Å²) in [5.74, 6) is 0.916. The summed E-state index contributed by atoms with van der Waals surface area (Å²) in [6.45, 7) is 0.956. The molecule has 4 rings (SSSR count). The number of ether oxygens (including phenoxy) is 1. The number of hydrogen-bond acceptors (Lipinski definition) is 4. The third-order valence-corrected chi connectivity index (χ3v) is 5.90. The molecular formula is C17H24N2O4. The highest BCUT2D eigenvalue weighted by molar-refractivity contribution is 5.74. The lowest BCUT2D eigenvalue weighted by Gasteiger charge is -2.56. The van der Waals surface area contributed by atoms with Crippen molar-refractivity contribution >= 4 is 6.03 Å². The Kier molecular flexibility index (Phi) is 3.81. The monoisotopic (exact) mass is 320 g/mol. The number of hydrogen-bond donors (Lipinski definition) is 3. The number of rotatable bonds is 4. The summed E-state index contributed by atoms with van der Waals surface area (Å²) in [7, 11) is 0. The Morgan fingerprint density at radius 1 is 1.43 bits per heavy atom. The zero-order valence-electron chi connectivity index (χ0n) is 13.2. The fourth-order valence-electron chi connectivity index (χ4n) is 4.87. The Balaban J connectivity index is 1.33. The molecule has 6 heteroatoms. The van der Waals surface area contributed by atoms with Crippen molar-refractivity contribution in [1.82, 2.24) is 10.6 Å². The largest absolute Gasteiger partial charge is 0.467 e. The van der Waals surface area contributed by atoms with Gasteiger partial charge in [0.1, 0.15) is 11.9 Å². The standard InChI is InChI=1S/C17H24N2O4/c20-12(13-4-3-8-22-13)10-18-16(21)19-14-11-5-9-23-15(11)17(14)6-1-2-7-17/h3-4,8,11-12,14-15,20H,1-2,5-7,9-10H2,(H2,18,19,21). The van der Waals surface area contributed by atoms with E-state index in [9.17, 15) is 9.90 Å². The molecule has 23 heavy (non-hydrogen) atoms. The number of furan rings is 1. The molecule has 3 fully saturated rings. The molecule has 3 aliphatic rings. The molecule has 2 aliphatic carbocycles. The molecule has 126 valence electrons. The van der Waals surface area contributed by atoms with E-state index in [4.69, 9.17) is 9.15 Å². The number of nitrogens with one attached hydrogen (secondary N) is 2. The summed E-state index contributed by atoms with van der Waals surface area (Å²) in [6.07, 6.45) is 6.81. The van der Waals surface area contributed by atoms with Gasteiger partial charge in [0.05, 0.1) is 18.9 Å². The van der Waals surface area contributed by atoms with Gasteiger partial charge in [-0.05, 0) is 31.4 Å². The van der Waals surface area contributed by atoms with Crippen LogP contribution in [0.3, 0.4) is 0 Å². The topological polar surface area (TPSA) is 83.7 Å². The maximum Gasteiger partial charge on any atom is 0.315 e. The van der Waals surface area contributed by atoms with Crippen LogP contribution in [-0.4, -0.2) is 36.4 Å². The number of amides is 2. The van der Waals surface area contributed by atoms with Gasteiger partial charge < -0.3 is 24.9 Å². The third-order valence-electron chi connectivity index (χ3n) is 5.90. The zero-order chi connectivity index (χ0) is 15.9. The molecule has 2 amide bonds. The molecule has 2 heterocycles. The lowest BCUT2D eigenvalue weighted by Crippen LogP contribution is -2.69. The number of aliphatic hydroxyl groups excluding tert-OH is 1. The minimum atomic E-state index is -0.819. The van der Waals surface area contributed by atoms with Crippen molar-refractivity contribution in [2.24, 2.45) is 11.3 Å². The van der Waals surface area contributed by atoms with Crippen molar-refractivity contribution in [2.75, 3.05) is 13.2 Å². The molecule has 0 radical (unpaired) electrons. The molecule has 1 aromatic heterocycles. The van der Waals surface area contributed by atoms with E-state index in [-0.39, 0.29) is 24.0 Å². The molecule has 1 aromatic rings. The SMILES string of the molecule is O=C(NCC(O)c1ccco1)NC1C2CCOC2C12CCCC2. The van der Waals surface area contributed by atoms with Gasteiger partial charge in [-0.1, -0.05) is 12.8 Å². The van der Waals surface area contributed by atoms with Crippen LogP contribution in [-0.2, 0) is 4.74 Å². The highest BCUT2D eigenvalue weighted by Gasteiger charge is 2.65. The predicted molar refractivity (Wildman–Crippen MR) is 82.7 cm³/mol. The van der Waals surface area contributed by atoms with Gasteiger partial charge >= 0.3 is 6.03 Å². The normalized spacial score (nSPS) is 32.3. The highest BCUT2D eigenvalue weighted by Crippen LogP contribution is 2.60. The average molecular weight is 320 g/mol. The van der Waals surface area contributed by atoms with E-state index in [1.54, 1.807) is 12.1 Å². The second-order valence-electron chi connectivity index (χ2n) is 7.05. The first-order valence-electron chi connectivity index (χ1n) is 8.58. The molecule has 1 spiro atoms. The van der Waals surface area contributed by atoms with Gasteiger partial charge in [-0.3, -0.25) is 0 Å². The van der Waals surface area contributed by atoms with Gasteiger partial charge in [0, 0.05) is 24.0 Å². The fourth-order valence-corrected chi connectivity index (χ4v) is 4.87. The van der Waals surface area contributed by atoms with E-state index in [2.05, 4.69) is 10.6 Å². The lowest BCUT2D eigenvalue weighted by molar-refractivity contribution is -0.126. The molecule has 1 aliphatic heterocycles. The summed E-state index contributed by atoms with van der Waals surface area (Å²) in [4.78, 5) is 12.2. The minimum absolute atomic E-state index is 0.143. The molecule has 4 atom stereocenters. The predicted octanol–water partition coefficient (Wildman–Crippen LogP) is 1.96. The average Bonchev–Trinajstić information content (AvgIpc) is 3.30. The molecule has 2 saturated carbocycles. The van der Waals surface area contributed by atoms with Crippen LogP contribution in [0.5, 0.6) is 0 Å². The van der Waals surface area contributed by atoms with E-state index in [0.29, 0.717) is 17.8 Å². The molecule has 3 N–H and O–H groups in total. The number of urea groups is 1. The maximum atomic E-state index is 12.2. The van der Waals surface area contributed by atoms with E-state index in [1.165, 1.54) is 19.1 Å². The Bertz CT molecular complexity index is 553. The number of aliphatic hydroxyl groups is 1. The van der Waals surface area contributed by atoms with Crippen LogP contribution in [0, 0.1) is 11.3 Å². The van der Waals surface area contributed by atoms with Crippen molar-refractivity contribution in [3.63, 3.8) is 0 Å². The number of carbonyl (C=O) groups is 1. The first-order valence-corrected chi connectivity index (χ1v) is 8.58. The smallest absolute Gasteiger partial charge is 0.315 e. The molecule has 0 aromatic carbocycles. The van der Waals surface area contributed by atoms with Gasteiger partial charge in [0.2, 0.25) is 0 Å². The minimum Gasteiger partial charge on any atom is -0.467 e. The first kappa shape index (κ1) is 15.0. The third kappa shape index (κ3) is 2.44. The second kappa shape index (κ2) is 5.83. The van der Waals surface area contributed by atoms with Gasteiger partial charge in [-0.2, -0.15) is 0 Å². The Hall–Kier alpha value is -1.53. The molecule has 1 saturated heterocycles. The van der Waals surface area contributed by atoms with Gasteiger partial charge in [0.15, 0.2) is 0 Å². The fraction of sp³-hybridized carbons (Fsp3) is 0.706. The van der Waals surface area contributed by atoms with Crippen LogP contribution in [0.4, 0.5) is 4.79 Å². The van der Waals surface area contributed by atoms with E-state index in [1.807, 2.05) is 0 Å². The van der Waals surface area contributed by atoms with Crippen LogP contribution in [0.25, 0.3) is 0 Å². The van der Waals surface area contributed by atoms with Gasteiger partial charge in [-0.15, -0.1) is 0 Å². The van der Waals surface area contributed by atoms with Gasteiger partial charge in [0.25, 0.3) is 0 Å². The highest BCUT2D eigenvalue weighted by atomic mass is 16.5. The van der Waals surface area contributed by atoms with Crippen molar-refractivity contribution < 1.29 is 19.1 Å². The maximum absolute atomic E-state index is 12.2. The first-order chi connectivity index (χ1) is 11.2. The van der Waals surface area contributed by atoms with Crippen LogP contribution in [0.15, 0.2) is 22.8 Å². The molecule has 0 bridgehead atoms. The second-order valence-corrected chi connectivity index (χ2v) is 7.05. The summed E-state index contributed by atoms with van der Waals surface area (Å²) in [6, 6.07) is 3.41. The zero-order valence-corrected chi connectivity index (χ0v) is 13.2. The molecule has 6 nitrogen and oxygen atoms in total. The van der Waals surface area contributed by atoms with Crippen LogP contribution in [0.1, 0.15) is 44.0 Å². The Labute approximate surface area is 135 Å². The molecular weight excluding hydrogens is 296 g/mol. The van der Waals surface area contributed by atoms with E-state index in [0.717, 1.165) is 25.9 Å². The van der Waals surface area contributed by atoms with Gasteiger partial charge in [-0.25, -0.2) is 4.79 Å². The number of fused-ring (bicyclic) bond motifs is 2. The summed E-state index contributed by atoms with van der Waals surface area (Å²) >= 11 is 0. The Morgan fingerprint density at radius 2 is 2.26 bits per heavy atom. The van der Waals surface area contributed by atoms with Crippen molar-refractivity contribution in [3.05, 3.63) is 24.2 Å². The van der Waals surface area contributed by atoms with Crippen LogP contribution in [0.2, 0.25) is 0 Å². The summed E-state index contributed by atoms with van der Waals surface area (Å²) < 4.78 is 11.1.